The van der Waals surface area contributed by atoms with Crippen molar-refractivity contribution < 1.29 is 9.90 Å². The van der Waals surface area contributed by atoms with E-state index in [9.17, 15) is 4.79 Å². The molecule has 0 aromatic heterocycles. The van der Waals surface area contributed by atoms with Gasteiger partial charge in [-0.2, -0.15) is 0 Å². The van der Waals surface area contributed by atoms with Crippen molar-refractivity contribution in [1.82, 2.24) is 0 Å². The van der Waals surface area contributed by atoms with Crippen LogP contribution in [0.3, 0.4) is 0 Å². The van der Waals surface area contributed by atoms with Crippen molar-refractivity contribution in [3.8, 4) is 11.1 Å². The molecule has 2 heteroatoms. The quantitative estimate of drug-likeness (QED) is 0.406. The molecule has 0 heterocycles. The smallest absolute Gasteiger partial charge is 0.335 e. The van der Waals surface area contributed by atoms with E-state index in [4.69, 9.17) is 5.11 Å². The van der Waals surface area contributed by atoms with E-state index in [1.54, 1.807) is 12.1 Å². The highest BCUT2D eigenvalue weighted by molar-refractivity contribution is 6.05. The zero-order chi connectivity index (χ0) is 19.5. The second-order valence-corrected chi connectivity index (χ2v) is 6.83. The summed E-state index contributed by atoms with van der Waals surface area (Å²) in [5.41, 5.74) is 6.00. The van der Waals surface area contributed by atoms with Crippen molar-refractivity contribution in [2.75, 3.05) is 0 Å². The highest BCUT2D eigenvalue weighted by atomic mass is 16.4. The largest absolute Gasteiger partial charge is 0.478 e. The van der Waals surface area contributed by atoms with E-state index in [1.165, 1.54) is 27.5 Å². The Morgan fingerprint density at radius 2 is 1.46 bits per heavy atom. The molecule has 0 fully saturated rings. The van der Waals surface area contributed by atoms with Crippen molar-refractivity contribution in [3.63, 3.8) is 0 Å². The van der Waals surface area contributed by atoms with Crippen LogP contribution in [-0.2, 0) is 0 Å². The fraction of sp³-hybridized carbons (Fsp3) is 0.0385. The van der Waals surface area contributed by atoms with Gasteiger partial charge in [0, 0.05) is 0 Å². The van der Waals surface area contributed by atoms with Crippen LogP contribution in [0, 0.1) is 0 Å². The van der Waals surface area contributed by atoms with Crippen LogP contribution in [0.2, 0.25) is 0 Å². The van der Waals surface area contributed by atoms with E-state index >= 15 is 0 Å². The minimum atomic E-state index is -0.909. The summed E-state index contributed by atoms with van der Waals surface area (Å²) in [7, 11) is 0. The molecule has 136 valence electrons. The standard InChI is InChI=1S/C26H20O2/c1-18(17-19-13-15-22(16-14-19)26(27)28)23-11-5-9-21-10-6-12-24(25(21)23)20-7-3-2-4-8-20/h2-17H,1H3,(H,27,28). The first-order chi connectivity index (χ1) is 13.6. The SMILES string of the molecule is CC(=Cc1ccc(C(=O)O)cc1)c1cccc2cccc(-c3ccccc3)c12. The molecule has 0 saturated carbocycles. The Morgan fingerprint density at radius 1 is 0.786 bits per heavy atom. The molecule has 4 rings (SSSR count). The number of rotatable bonds is 4. The molecule has 4 aromatic rings. The third-order valence-electron chi connectivity index (χ3n) is 4.96. The molecule has 1 N–H and O–H groups in total. The lowest BCUT2D eigenvalue weighted by Gasteiger charge is -2.13. The molecule has 4 aromatic carbocycles. The van der Waals surface area contributed by atoms with E-state index in [0.717, 1.165) is 11.1 Å². The third-order valence-corrected chi connectivity index (χ3v) is 4.96. The van der Waals surface area contributed by atoms with Gasteiger partial charge in [-0.3, -0.25) is 0 Å². The Balaban J connectivity index is 1.85. The maximum absolute atomic E-state index is 11.1. The molecule has 0 aliphatic heterocycles. The summed E-state index contributed by atoms with van der Waals surface area (Å²) < 4.78 is 0. The van der Waals surface area contributed by atoms with E-state index < -0.39 is 5.97 Å². The van der Waals surface area contributed by atoms with Gasteiger partial charge in [-0.1, -0.05) is 84.9 Å². The lowest BCUT2D eigenvalue weighted by atomic mass is 9.91. The lowest BCUT2D eigenvalue weighted by Crippen LogP contribution is -1.95. The lowest BCUT2D eigenvalue weighted by molar-refractivity contribution is 0.0697. The number of hydrogen-bond acceptors (Lipinski definition) is 1. The number of hydrogen-bond donors (Lipinski definition) is 1. The zero-order valence-corrected chi connectivity index (χ0v) is 15.6. The molecule has 0 unspecified atom stereocenters. The number of aromatic carboxylic acids is 1. The molecule has 0 bridgehead atoms. The van der Waals surface area contributed by atoms with Crippen LogP contribution < -0.4 is 0 Å². The van der Waals surface area contributed by atoms with Crippen LogP contribution in [0.1, 0.15) is 28.4 Å². The third kappa shape index (κ3) is 3.45. The van der Waals surface area contributed by atoms with E-state index in [2.05, 4.69) is 73.7 Å². The van der Waals surface area contributed by atoms with Crippen LogP contribution in [0.15, 0.2) is 91.0 Å². The highest BCUT2D eigenvalue weighted by Crippen LogP contribution is 2.34. The first-order valence-corrected chi connectivity index (χ1v) is 9.23. The van der Waals surface area contributed by atoms with Gasteiger partial charge in [0.15, 0.2) is 0 Å². The molecule has 0 aliphatic carbocycles. The summed E-state index contributed by atoms with van der Waals surface area (Å²) in [4.78, 5) is 11.1. The molecular weight excluding hydrogens is 344 g/mol. The summed E-state index contributed by atoms with van der Waals surface area (Å²) in [6.45, 7) is 2.10. The normalized spacial score (nSPS) is 11.5. The van der Waals surface area contributed by atoms with Gasteiger partial charge in [0.05, 0.1) is 5.56 Å². The van der Waals surface area contributed by atoms with Gasteiger partial charge in [-0.05, 0) is 57.7 Å². The Labute approximate surface area is 164 Å². The fourth-order valence-corrected chi connectivity index (χ4v) is 3.58. The van der Waals surface area contributed by atoms with Crippen LogP contribution >= 0.6 is 0 Å². The number of fused-ring (bicyclic) bond motifs is 1. The van der Waals surface area contributed by atoms with Crippen molar-refractivity contribution >= 4 is 28.4 Å². The van der Waals surface area contributed by atoms with Gasteiger partial charge in [0.25, 0.3) is 0 Å². The molecule has 28 heavy (non-hydrogen) atoms. The predicted molar refractivity (Wildman–Crippen MR) is 116 cm³/mol. The van der Waals surface area contributed by atoms with Gasteiger partial charge < -0.3 is 5.11 Å². The minimum absolute atomic E-state index is 0.298. The van der Waals surface area contributed by atoms with Crippen molar-refractivity contribution in [3.05, 3.63) is 108 Å². The maximum atomic E-state index is 11.1. The minimum Gasteiger partial charge on any atom is -0.478 e. The molecule has 0 amide bonds. The van der Waals surface area contributed by atoms with E-state index in [-0.39, 0.29) is 0 Å². The van der Waals surface area contributed by atoms with E-state index in [0.29, 0.717) is 5.56 Å². The van der Waals surface area contributed by atoms with Crippen LogP contribution in [0.5, 0.6) is 0 Å². The van der Waals surface area contributed by atoms with Gasteiger partial charge in [0.2, 0.25) is 0 Å². The number of allylic oxidation sites excluding steroid dienone is 1. The Bertz CT molecular complexity index is 1160. The van der Waals surface area contributed by atoms with E-state index in [1.807, 2.05) is 18.2 Å². The zero-order valence-electron chi connectivity index (χ0n) is 15.6. The van der Waals surface area contributed by atoms with Crippen LogP contribution in [0.4, 0.5) is 0 Å². The van der Waals surface area contributed by atoms with Crippen LogP contribution in [0.25, 0.3) is 33.5 Å². The first kappa shape index (κ1) is 17.7. The van der Waals surface area contributed by atoms with Crippen LogP contribution in [-0.4, -0.2) is 11.1 Å². The summed E-state index contributed by atoms with van der Waals surface area (Å²) in [5.74, 6) is -0.909. The monoisotopic (exact) mass is 364 g/mol. The van der Waals surface area contributed by atoms with Crippen molar-refractivity contribution in [1.29, 1.82) is 0 Å². The van der Waals surface area contributed by atoms with Crippen molar-refractivity contribution in [2.24, 2.45) is 0 Å². The summed E-state index contributed by atoms with van der Waals surface area (Å²) >= 11 is 0. The fourth-order valence-electron chi connectivity index (χ4n) is 3.58. The second-order valence-electron chi connectivity index (χ2n) is 6.83. The number of carboxylic acid groups (broad SMARTS) is 1. The maximum Gasteiger partial charge on any atom is 0.335 e. The topological polar surface area (TPSA) is 37.3 Å². The molecule has 2 nitrogen and oxygen atoms in total. The second kappa shape index (κ2) is 7.53. The van der Waals surface area contributed by atoms with Crippen molar-refractivity contribution in [2.45, 2.75) is 6.92 Å². The van der Waals surface area contributed by atoms with Gasteiger partial charge >= 0.3 is 5.97 Å². The average Bonchev–Trinajstić information content (AvgIpc) is 2.74. The number of benzene rings is 4. The number of carbonyl (C=O) groups is 1. The molecule has 0 aliphatic rings. The first-order valence-electron chi connectivity index (χ1n) is 9.23. The summed E-state index contributed by atoms with van der Waals surface area (Å²) in [6.07, 6.45) is 2.10. The van der Waals surface area contributed by atoms with Gasteiger partial charge in [0.1, 0.15) is 0 Å². The summed E-state index contributed by atoms with van der Waals surface area (Å²) in [5, 5.41) is 11.5. The van der Waals surface area contributed by atoms with Gasteiger partial charge in [-0.15, -0.1) is 0 Å². The Hall–Kier alpha value is -3.65. The molecule has 0 atom stereocenters. The summed E-state index contributed by atoms with van der Waals surface area (Å²) in [6, 6.07) is 30.1. The molecule has 0 spiro atoms. The predicted octanol–water partition coefficient (Wildman–Crippen LogP) is 6.77. The molecule has 0 radical (unpaired) electrons. The van der Waals surface area contributed by atoms with Gasteiger partial charge in [-0.25, -0.2) is 4.79 Å². The molecular formula is C26H20O2. The average molecular weight is 364 g/mol. The molecule has 0 saturated heterocycles. The Morgan fingerprint density at radius 3 is 2.14 bits per heavy atom. The number of carboxylic acids is 1. The Kier molecular flexibility index (Phi) is 4.77. The highest BCUT2D eigenvalue weighted by Gasteiger charge is 2.09.